The molecule has 0 aromatic rings. The van der Waals surface area contributed by atoms with Gasteiger partial charge in [0.2, 0.25) is 0 Å². The van der Waals surface area contributed by atoms with Crippen LogP contribution in [0.2, 0.25) is 0 Å². The lowest BCUT2D eigenvalue weighted by atomic mass is 10.2. The van der Waals surface area contributed by atoms with Crippen molar-refractivity contribution in [3.05, 3.63) is 0 Å². The Morgan fingerprint density at radius 1 is 0.667 bits per heavy atom. The molecular formula is C12H27NO2. The summed E-state index contributed by atoms with van der Waals surface area (Å²) in [6.07, 6.45) is 7.80. The minimum Gasteiger partial charge on any atom is -0.396 e. The van der Waals surface area contributed by atoms with Gasteiger partial charge < -0.3 is 15.1 Å². The third kappa shape index (κ3) is 11.8. The van der Waals surface area contributed by atoms with E-state index >= 15 is 0 Å². The fourth-order valence-electron chi connectivity index (χ4n) is 1.63. The topological polar surface area (TPSA) is 43.7 Å². The number of hydrogen-bond acceptors (Lipinski definition) is 3. The molecule has 0 amide bonds. The van der Waals surface area contributed by atoms with Gasteiger partial charge in [-0.25, -0.2) is 0 Å². The molecule has 0 saturated carbocycles. The normalized spacial score (nSPS) is 11.2. The third-order valence-corrected chi connectivity index (χ3v) is 2.65. The Balaban J connectivity index is 3.08. The molecule has 15 heavy (non-hydrogen) atoms. The van der Waals surface area contributed by atoms with Gasteiger partial charge >= 0.3 is 0 Å². The summed E-state index contributed by atoms with van der Waals surface area (Å²) in [6.45, 7) is 2.95. The van der Waals surface area contributed by atoms with Crippen LogP contribution in [0.3, 0.4) is 0 Å². The molecular weight excluding hydrogens is 190 g/mol. The summed E-state index contributed by atoms with van der Waals surface area (Å²) >= 11 is 0. The van der Waals surface area contributed by atoms with Gasteiger partial charge in [-0.2, -0.15) is 0 Å². The van der Waals surface area contributed by atoms with Crippen LogP contribution in [0, 0.1) is 0 Å². The summed E-state index contributed by atoms with van der Waals surface area (Å²) in [4.78, 5) is 2.36. The van der Waals surface area contributed by atoms with Crippen LogP contribution in [0.5, 0.6) is 0 Å². The van der Waals surface area contributed by atoms with E-state index in [4.69, 9.17) is 10.2 Å². The Labute approximate surface area is 94.1 Å². The van der Waals surface area contributed by atoms with Gasteiger partial charge in [0, 0.05) is 13.2 Å². The summed E-state index contributed by atoms with van der Waals surface area (Å²) in [5.74, 6) is 0. The molecule has 0 unspecified atom stereocenters. The summed E-state index contributed by atoms with van der Waals surface area (Å²) in [5, 5.41) is 17.2. The van der Waals surface area contributed by atoms with Gasteiger partial charge in [-0.15, -0.1) is 0 Å². The van der Waals surface area contributed by atoms with Crippen LogP contribution in [0.1, 0.15) is 44.9 Å². The van der Waals surface area contributed by atoms with Crippen molar-refractivity contribution in [2.24, 2.45) is 0 Å². The fourth-order valence-corrected chi connectivity index (χ4v) is 1.63. The molecule has 92 valence electrons. The van der Waals surface area contributed by atoms with Crippen LogP contribution in [0.4, 0.5) is 0 Å². The molecule has 0 rings (SSSR count). The second-order valence-corrected chi connectivity index (χ2v) is 4.23. The van der Waals surface area contributed by atoms with Crippen molar-refractivity contribution in [3.8, 4) is 0 Å². The molecule has 0 radical (unpaired) electrons. The highest BCUT2D eigenvalue weighted by Crippen LogP contribution is 2.02. The predicted molar refractivity (Wildman–Crippen MR) is 64.0 cm³/mol. The molecule has 0 aromatic carbocycles. The smallest absolute Gasteiger partial charge is 0.0431 e. The molecule has 0 saturated heterocycles. The van der Waals surface area contributed by atoms with Crippen molar-refractivity contribution in [1.29, 1.82) is 0 Å². The van der Waals surface area contributed by atoms with Crippen LogP contribution in [-0.2, 0) is 0 Å². The van der Waals surface area contributed by atoms with Gasteiger partial charge in [0.25, 0.3) is 0 Å². The van der Waals surface area contributed by atoms with E-state index in [0.29, 0.717) is 13.2 Å². The van der Waals surface area contributed by atoms with E-state index in [1.54, 1.807) is 0 Å². The molecule has 3 nitrogen and oxygen atoms in total. The van der Waals surface area contributed by atoms with E-state index in [-0.39, 0.29) is 0 Å². The zero-order valence-electron chi connectivity index (χ0n) is 10.1. The number of aliphatic hydroxyl groups is 2. The largest absolute Gasteiger partial charge is 0.396 e. The fraction of sp³-hybridized carbons (Fsp3) is 1.00. The zero-order valence-corrected chi connectivity index (χ0v) is 10.1. The Morgan fingerprint density at radius 3 is 1.53 bits per heavy atom. The lowest BCUT2D eigenvalue weighted by molar-refractivity contribution is 0.267. The Bertz CT molecular complexity index is 120. The van der Waals surface area contributed by atoms with Crippen molar-refractivity contribution < 1.29 is 10.2 Å². The minimum atomic E-state index is 0.324. The van der Waals surface area contributed by atoms with Crippen LogP contribution in [0.25, 0.3) is 0 Å². The predicted octanol–water partition coefficient (Wildman–Crippen LogP) is 1.63. The van der Waals surface area contributed by atoms with Gasteiger partial charge in [0.05, 0.1) is 0 Å². The average Bonchev–Trinajstić information content (AvgIpc) is 2.24. The van der Waals surface area contributed by atoms with Crippen molar-refractivity contribution in [3.63, 3.8) is 0 Å². The van der Waals surface area contributed by atoms with E-state index < -0.39 is 0 Å². The average molecular weight is 217 g/mol. The highest BCUT2D eigenvalue weighted by molar-refractivity contribution is 4.53. The van der Waals surface area contributed by atoms with E-state index in [9.17, 15) is 0 Å². The molecule has 0 aliphatic carbocycles. The monoisotopic (exact) mass is 217 g/mol. The van der Waals surface area contributed by atoms with E-state index in [0.717, 1.165) is 38.8 Å². The van der Waals surface area contributed by atoms with Gasteiger partial charge in [-0.3, -0.25) is 0 Å². The van der Waals surface area contributed by atoms with Crippen LogP contribution >= 0.6 is 0 Å². The second kappa shape index (κ2) is 12.0. The van der Waals surface area contributed by atoms with E-state index in [1.165, 1.54) is 19.3 Å². The molecule has 0 atom stereocenters. The van der Waals surface area contributed by atoms with E-state index in [2.05, 4.69) is 11.9 Å². The number of rotatable bonds is 11. The summed E-state index contributed by atoms with van der Waals surface area (Å²) in [5.41, 5.74) is 0. The third-order valence-electron chi connectivity index (χ3n) is 2.65. The first-order valence-electron chi connectivity index (χ1n) is 6.21. The highest BCUT2D eigenvalue weighted by Gasteiger charge is 1.97. The molecule has 0 aliphatic heterocycles. The van der Waals surface area contributed by atoms with E-state index in [1.807, 2.05) is 0 Å². The molecule has 3 heteroatoms. The van der Waals surface area contributed by atoms with Crippen molar-refractivity contribution >= 4 is 0 Å². The van der Waals surface area contributed by atoms with Gasteiger partial charge in [0.15, 0.2) is 0 Å². The SMILES string of the molecule is CN(CCCCCO)CCCCCCO. The first kappa shape index (κ1) is 14.9. The maximum Gasteiger partial charge on any atom is 0.0431 e. The standard InChI is InChI=1S/C12H27NO2/c1-13(10-6-4-8-12-15)9-5-2-3-7-11-14/h14-15H,2-12H2,1H3. The quantitative estimate of drug-likeness (QED) is 0.517. The zero-order chi connectivity index (χ0) is 11.4. The molecule has 0 aromatic heterocycles. The molecule has 0 bridgehead atoms. The lowest BCUT2D eigenvalue weighted by Gasteiger charge is -2.15. The Kier molecular flexibility index (Phi) is 11.9. The highest BCUT2D eigenvalue weighted by atomic mass is 16.3. The van der Waals surface area contributed by atoms with Gasteiger partial charge in [-0.05, 0) is 52.2 Å². The van der Waals surface area contributed by atoms with Crippen molar-refractivity contribution in [2.45, 2.75) is 44.9 Å². The molecule has 0 heterocycles. The molecule has 0 fully saturated rings. The summed E-state index contributed by atoms with van der Waals surface area (Å²) < 4.78 is 0. The van der Waals surface area contributed by atoms with Crippen LogP contribution in [-0.4, -0.2) is 48.5 Å². The summed E-state index contributed by atoms with van der Waals surface area (Å²) in [6, 6.07) is 0. The number of hydrogen-bond donors (Lipinski definition) is 2. The Morgan fingerprint density at radius 2 is 1.07 bits per heavy atom. The van der Waals surface area contributed by atoms with Crippen LogP contribution < -0.4 is 0 Å². The number of aliphatic hydroxyl groups excluding tert-OH is 2. The maximum atomic E-state index is 8.62. The molecule has 2 N–H and O–H groups in total. The maximum absolute atomic E-state index is 8.62. The van der Waals surface area contributed by atoms with Gasteiger partial charge in [-0.1, -0.05) is 12.8 Å². The first-order valence-corrected chi connectivity index (χ1v) is 6.21. The Hall–Kier alpha value is -0.120. The lowest BCUT2D eigenvalue weighted by Crippen LogP contribution is -2.20. The van der Waals surface area contributed by atoms with Gasteiger partial charge in [0.1, 0.15) is 0 Å². The van der Waals surface area contributed by atoms with Crippen molar-refractivity contribution in [1.82, 2.24) is 4.90 Å². The van der Waals surface area contributed by atoms with Crippen LogP contribution in [0.15, 0.2) is 0 Å². The minimum absolute atomic E-state index is 0.324. The molecule has 0 spiro atoms. The second-order valence-electron chi connectivity index (χ2n) is 4.23. The number of nitrogens with zero attached hydrogens (tertiary/aromatic N) is 1. The van der Waals surface area contributed by atoms with Crippen molar-refractivity contribution in [2.75, 3.05) is 33.4 Å². The first-order chi connectivity index (χ1) is 7.31. The number of unbranched alkanes of at least 4 members (excludes halogenated alkanes) is 5. The molecule has 0 aliphatic rings. The summed E-state index contributed by atoms with van der Waals surface area (Å²) in [7, 11) is 2.16.